The van der Waals surface area contributed by atoms with E-state index in [9.17, 15) is 10.1 Å². The van der Waals surface area contributed by atoms with Crippen molar-refractivity contribution in [2.45, 2.75) is 31.4 Å². The lowest BCUT2D eigenvalue weighted by atomic mass is 9.81. The van der Waals surface area contributed by atoms with Gasteiger partial charge in [-0.05, 0) is 30.2 Å². The Morgan fingerprint density at radius 2 is 2.35 bits per heavy atom. The van der Waals surface area contributed by atoms with E-state index in [1.165, 1.54) is 5.56 Å². The summed E-state index contributed by atoms with van der Waals surface area (Å²) in [5.74, 6) is -0.0779. The first-order valence-electron chi connectivity index (χ1n) is 7.09. The number of benzene rings is 1. The fraction of sp³-hybridized carbons (Fsp3) is 0.600. The number of rotatable bonds is 2. The van der Waals surface area contributed by atoms with Crippen LogP contribution in [0.25, 0.3) is 0 Å². The number of likely N-dealkylation sites (N-methyl/N-ethyl adjacent to an activating group) is 1. The lowest BCUT2D eigenvalue weighted by Crippen LogP contribution is -2.48. The largest absolute Gasteiger partial charge is 0.369 e. The molecular weight excluding hydrogens is 256 g/mol. The van der Waals surface area contributed by atoms with E-state index < -0.39 is 5.54 Å². The second-order valence-electron chi connectivity index (χ2n) is 5.99. The van der Waals surface area contributed by atoms with Gasteiger partial charge in [0, 0.05) is 11.5 Å². The maximum Gasteiger partial charge on any atom is 0.265 e. The van der Waals surface area contributed by atoms with Crippen LogP contribution in [0.2, 0.25) is 0 Å². The van der Waals surface area contributed by atoms with Gasteiger partial charge < -0.3 is 4.74 Å². The minimum Gasteiger partial charge on any atom is -0.369 e. The third-order valence-electron chi connectivity index (χ3n) is 4.65. The van der Waals surface area contributed by atoms with Crippen LogP contribution in [0, 0.1) is 10.1 Å². The molecule has 108 valence electrons. The molecule has 5 heteroatoms. The van der Waals surface area contributed by atoms with E-state index >= 15 is 0 Å². The number of hydrogen-bond acceptors (Lipinski definition) is 4. The number of ether oxygens (including phenoxy) is 1. The summed E-state index contributed by atoms with van der Waals surface area (Å²) in [6.45, 7) is 3.98. The van der Waals surface area contributed by atoms with Crippen molar-refractivity contribution in [3.05, 3.63) is 45.0 Å². The van der Waals surface area contributed by atoms with Crippen LogP contribution in [0.15, 0.2) is 18.2 Å². The summed E-state index contributed by atoms with van der Waals surface area (Å²) in [4.78, 5) is 13.6. The molecule has 2 atom stereocenters. The van der Waals surface area contributed by atoms with Crippen molar-refractivity contribution in [1.82, 2.24) is 4.90 Å². The number of likely N-dealkylation sites (tertiary alicyclic amines) is 1. The molecule has 0 aliphatic carbocycles. The Labute approximate surface area is 118 Å². The summed E-state index contributed by atoms with van der Waals surface area (Å²) < 4.78 is 5.68. The topological polar surface area (TPSA) is 55.6 Å². The first-order chi connectivity index (χ1) is 9.56. The number of fused-ring (bicyclic) bond motifs is 3. The predicted molar refractivity (Wildman–Crippen MR) is 75.4 cm³/mol. The minimum absolute atomic E-state index is 0.0779. The van der Waals surface area contributed by atoms with E-state index in [1.807, 2.05) is 11.9 Å². The van der Waals surface area contributed by atoms with Gasteiger partial charge in [-0.3, -0.25) is 15.0 Å². The maximum absolute atomic E-state index is 11.7. The molecule has 0 saturated carbocycles. The van der Waals surface area contributed by atoms with E-state index in [2.05, 4.69) is 25.1 Å². The Bertz CT molecular complexity index is 546. The summed E-state index contributed by atoms with van der Waals surface area (Å²) in [7, 11) is 1.94. The average Bonchev–Trinajstić information content (AvgIpc) is 2.69. The van der Waals surface area contributed by atoms with Gasteiger partial charge in [-0.25, -0.2) is 0 Å². The lowest BCUT2D eigenvalue weighted by Gasteiger charge is -2.24. The molecule has 0 amide bonds. The van der Waals surface area contributed by atoms with Gasteiger partial charge in [0.25, 0.3) is 5.54 Å². The summed E-state index contributed by atoms with van der Waals surface area (Å²) in [6, 6.07) is 6.31. The number of hydrogen-bond donors (Lipinski definition) is 0. The van der Waals surface area contributed by atoms with Gasteiger partial charge in [0.2, 0.25) is 0 Å². The van der Waals surface area contributed by atoms with Crippen molar-refractivity contribution in [2.24, 2.45) is 0 Å². The quantitative estimate of drug-likeness (QED) is 0.611. The molecule has 0 bridgehead atoms. The van der Waals surface area contributed by atoms with Crippen LogP contribution in [0.1, 0.15) is 29.5 Å². The molecule has 2 aliphatic rings. The zero-order chi connectivity index (χ0) is 14.3. The molecule has 0 N–H and O–H groups in total. The average molecular weight is 276 g/mol. The van der Waals surface area contributed by atoms with Gasteiger partial charge >= 0.3 is 0 Å². The highest BCUT2D eigenvalue weighted by atomic mass is 16.6. The number of aryl methyl sites for hydroxylation is 1. The molecule has 20 heavy (non-hydrogen) atoms. The molecule has 0 aromatic heterocycles. The molecular formula is C15H20N2O3. The standard InChI is InChI=1S/C15H20N2O3/c1-3-11-4-5-13-12(6-11)8-20-10-15(17(18)19)9-16(2)7-14(13)15/h4-6,14H,3,7-10H2,1-2H3/t14-,15-/m0/s1. The second-order valence-corrected chi connectivity index (χ2v) is 5.99. The first kappa shape index (κ1) is 13.5. The summed E-state index contributed by atoms with van der Waals surface area (Å²) in [5.41, 5.74) is 2.48. The molecule has 2 heterocycles. The van der Waals surface area contributed by atoms with E-state index in [0.29, 0.717) is 13.2 Å². The molecule has 1 aromatic rings. The van der Waals surface area contributed by atoms with Crippen molar-refractivity contribution in [2.75, 3.05) is 26.7 Å². The van der Waals surface area contributed by atoms with Gasteiger partial charge in [-0.2, -0.15) is 0 Å². The Kier molecular flexibility index (Phi) is 3.26. The Morgan fingerprint density at radius 1 is 1.55 bits per heavy atom. The molecule has 1 fully saturated rings. The van der Waals surface area contributed by atoms with Crippen molar-refractivity contribution < 1.29 is 9.66 Å². The van der Waals surface area contributed by atoms with E-state index in [4.69, 9.17) is 4.74 Å². The Hall–Kier alpha value is -1.46. The highest BCUT2D eigenvalue weighted by Crippen LogP contribution is 2.42. The van der Waals surface area contributed by atoms with Crippen LogP contribution in [0.3, 0.4) is 0 Å². The number of nitro groups is 1. The monoisotopic (exact) mass is 276 g/mol. The zero-order valence-corrected chi connectivity index (χ0v) is 12.0. The van der Waals surface area contributed by atoms with Crippen LogP contribution < -0.4 is 0 Å². The van der Waals surface area contributed by atoms with Crippen LogP contribution in [0.4, 0.5) is 0 Å². The van der Waals surface area contributed by atoms with Crippen LogP contribution in [-0.2, 0) is 17.8 Å². The van der Waals surface area contributed by atoms with Crippen LogP contribution >= 0.6 is 0 Å². The Balaban J connectivity index is 2.10. The van der Waals surface area contributed by atoms with Crippen molar-refractivity contribution >= 4 is 0 Å². The fourth-order valence-corrected chi connectivity index (χ4v) is 3.58. The molecule has 2 aliphatic heterocycles. The fourth-order valence-electron chi connectivity index (χ4n) is 3.58. The Morgan fingerprint density at radius 3 is 3.05 bits per heavy atom. The third-order valence-corrected chi connectivity index (χ3v) is 4.65. The van der Waals surface area contributed by atoms with Crippen molar-refractivity contribution in [1.29, 1.82) is 0 Å². The molecule has 0 spiro atoms. The molecule has 5 nitrogen and oxygen atoms in total. The normalized spacial score (nSPS) is 29.6. The SMILES string of the molecule is CCc1ccc2c(c1)COC[C@@]1([N+](=O)[O-])CN(C)C[C@@H]21. The van der Waals surface area contributed by atoms with E-state index in [-0.39, 0.29) is 17.4 Å². The molecule has 0 unspecified atom stereocenters. The highest BCUT2D eigenvalue weighted by Gasteiger charge is 2.58. The van der Waals surface area contributed by atoms with Gasteiger partial charge in [0.1, 0.15) is 6.61 Å². The summed E-state index contributed by atoms with van der Waals surface area (Å²) in [5, 5.41) is 11.7. The van der Waals surface area contributed by atoms with Gasteiger partial charge in [-0.1, -0.05) is 25.1 Å². The first-order valence-corrected chi connectivity index (χ1v) is 7.09. The number of nitrogens with zero attached hydrogens (tertiary/aromatic N) is 2. The van der Waals surface area contributed by atoms with Crippen molar-refractivity contribution in [3.8, 4) is 0 Å². The highest BCUT2D eigenvalue weighted by molar-refractivity contribution is 5.38. The van der Waals surface area contributed by atoms with Gasteiger partial charge in [0.15, 0.2) is 0 Å². The van der Waals surface area contributed by atoms with Crippen LogP contribution in [-0.4, -0.2) is 42.1 Å². The predicted octanol–water partition coefficient (Wildman–Crippen LogP) is 1.82. The van der Waals surface area contributed by atoms with Crippen molar-refractivity contribution in [3.63, 3.8) is 0 Å². The second kappa shape index (κ2) is 4.82. The maximum atomic E-state index is 11.7. The molecule has 3 rings (SSSR count). The molecule has 1 aromatic carbocycles. The van der Waals surface area contributed by atoms with E-state index in [1.54, 1.807) is 0 Å². The van der Waals surface area contributed by atoms with Crippen LogP contribution in [0.5, 0.6) is 0 Å². The molecule has 1 saturated heterocycles. The third kappa shape index (κ3) is 1.93. The summed E-state index contributed by atoms with van der Waals surface area (Å²) >= 11 is 0. The van der Waals surface area contributed by atoms with E-state index in [0.717, 1.165) is 24.1 Å². The smallest absolute Gasteiger partial charge is 0.265 e. The van der Waals surface area contributed by atoms with Gasteiger partial charge in [0.05, 0.1) is 19.1 Å². The lowest BCUT2D eigenvalue weighted by molar-refractivity contribution is -0.573. The van der Waals surface area contributed by atoms with Gasteiger partial charge in [-0.15, -0.1) is 0 Å². The summed E-state index contributed by atoms with van der Waals surface area (Å²) in [6.07, 6.45) is 0.970. The minimum atomic E-state index is -0.992. The molecule has 0 radical (unpaired) electrons. The zero-order valence-electron chi connectivity index (χ0n) is 12.0.